The second-order valence-electron chi connectivity index (χ2n) is 5.31. The van der Waals surface area contributed by atoms with Crippen molar-refractivity contribution in [3.63, 3.8) is 0 Å². The highest BCUT2D eigenvalue weighted by molar-refractivity contribution is 7.11. The fraction of sp³-hybridized carbons (Fsp3) is 0.100. The van der Waals surface area contributed by atoms with Gasteiger partial charge in [-0.3, -0.25) is 0 Å². The number of halogens is 2. The SMILES string of the molecule is CCOc1ccccc1C=C(C#N)c1nc(-c2ccc(Cl)c(Cl)c2)cs1. The maximum atomic E-state index is 9.59. The molecular formula is C20H14Cl2N2OS. The zero-order valence-corrected chi connectivity index (χ0v) is 16.2. The summed E-state index contributed by atoms with van der Waals surface area (Å²) in [5.41, 5.74) is 2.93. The summed E-state index contributed by atoms with van der Waals surface area (Å²) in [6, 6.07) is 15.2. The van der Waals surface area contributed by atoms with Crippen molar-refractivity contribution in [2.24, 2.45) is 0 Å². The van der Waals surface area contributed by atoms with Crippen LogP contribution in [0.3, 0.4) is 0 Å². The maximum absolute atomic E-state index is 9.59. The third-order valence-electron chi connectivity index (χ3n) is 3.59. The number of aromatic nitrogens is 1. The summed E-state index contributed by atoms with van der Waals surface area (Å²) in [7, 11) is 0. The summed E-state index contributed by atoms with van der Waals surface area (Å²) in [6.45, 7) is 2.49. The van der Waals surface area contributed by atoms with Crippen LogP contribution in [-0.2, 0) is 0 Å². The third kappa shape index (κ3) is 4.08. The van der Waals surface area contributed by atoms with Gasteiger partial charge in [0.2, 0.25) is 0 Å². The summed E-state index contributed by atoms with van der Waals surface area (Å²) < 4.78 is 5.62. The van der Waals surface area contributed by atoms with Gasteiger partial charge in [0.15, 0.2) is 0 Å². The topological polar surface area (TPSA) is 45.9 Å². The number of allylic oxidation sites excluding steroid dienone is 1. The predicted octanol–water partition coefficient (Wildman–Crippen LogP) is 6.58. The van der Waals surface area contributed by atoms with Crippen LogP contribution < -0.4 is 4.74 Å². The molecule has 0 amide bonds. The van der Waals surface area contributed by atoms with Gasteiger partial charge in [-0.1, -0.05) is 47.5 Å². The van der Waals surface area contributed by atoms with Crippen molar-refractivity contribution >= 4 is 46.2 Å². The standard InChI is InChI=1S/C20H14Cl2N2OS/c1-2-25-19-6-4-3-5-14(19)9-15(11-23)20-24-18(12-26-20)13-7-8-16(21)17(22)10-13/h3-10,12H,2H2,1H3. The highest BCUT2D eigenvalue weighted by Gasteiger charge is 2.11. The molecule has 26 heavy (non-hydrogen) atoms. The van der Waals surface area contributed by atoms with E-state index in [0.717, 1.165) is 22.6 Å². The van der Waals surface area contributed by atoms with Crippen molar-refractivity contribution < 1.29 is 4.74 Å². The van der Waals surface area contributed by atoms with E-state index < -0.39 is 0 Å². The number of hydrogen-bond acceptors (Lipinski definition) is 4. The lowest BCUT2D eigenvalue weighted by Gasteiger charge is -2.06. The molecule has 0 bridgehead atoms. The monoisotopic (exact) mass is 400 g/mol. The fourth-order valence-corrected chi connectivity index (χ4v) is 3.46. The van der Waals surface area contributed by atoms with Gasteiger partial charge in [0.05, 0.1) is 27.9 Å². The van der Waals surface area contributed by atoms with Gasteiger partial charge in [0, 0.05) is 16.5 Å². The van der Waals surface area contributed by atoms with Gasteiger partial charge in [0.1, 0.15) is 16.8 Å². The molecule has 0 saturated heterocycles. The molecule has 6 heteroatoms. The molecule has 1 heterocycles. The van der Waals surface area contributed by atoms with Gasteiger partial charge in [-0.2, -0.15) is 5.26 Å². The molecule has 0 atom stereocenters. The molecule has 0 unspecified atom stereocenters. The third-order valence-corrected chi connectivity index (χ3v) is 5.20. The fourth-order valence-electron chi connectivity index (χ4n) is 2.37. The molecule has 0 spiro atoms. The summed E-state index contributed by atoms with van der Waals surface area (Å²) in [5.74, 6) is 0.740. The van der Waals surface area contributed by atoms with Gasteiger partial charge in [0.25, 0.3) is 0 Å². The van der Waals surface area contributed by atoms with Crippen LogP contribution in [-0.4, -0.2) is 11.6 Å². The maximum Gasteiger partial charge on any atom is 0.134 e. The van der Waals surface area contributed by atoms with Crippen molar-refractivity contribution in [3.8, 4) is 23.1 Å². The zero-order valence-electron chi connectivity index (χ0n) is 13.9. The van der Waals surface area contributed by atoms with Crippen LogP contribution in [0.25, 0.3) is 22.9 Å². The van der Waals surface area contributed by atoms with Crippen LogP contribution in [0.5, 0.6) is 5.75 Å². The Bertz CT molecular complexity index is 1010. The van der Waals surface area contributed by atoms with Gasteiger partial charge in [-0.25, -0.2) is 4.98 Å². The second kappa shape index (κ2) is 8.37. The molecule has 3 nitrogen and oxygen atoms in total. The van der Waals surface area contributed by atoms with Gasteiger partial charge < -0.3 is 4.74 Å². The minimum absolute atomic E-state index is 0.473. The van der Waals surface area contributed by atoms with Crippen LogP contribution >= 0.6 is 34.5 Å². The molecule has 1 aromatic heterocycles. The lowest BCUT2D eigenvalue weighted by molar-refractivity contribution is 0.339. The van der Waals surface area contributed by atoms with Gasteiger partial charge in [-0.15, -0.1) is 11.3 Å². The van der Waals surface area contributed by atoms with E-state index in [1.807, 2.05) is 42.6 Å². The van der Waals surface area contributed by atoms with E-state index in [9.17, 15) is 5.26 Å². The van der Waals surface area contributed by atoms with Crippen LogP contribution in [0, 0.1) is 11.3 Å². The Hall–Kier alpha value is -2.32. The largest absolute Gasteiger partial charge is 0.493 e. The van der Waals surface area contributed by atoms with Crippen molar-refractivity contribution in [2.45, 2.75) is 6.92 Å². The summed E-state index contributed by atoms with van der Waals surface area (Å²) in [5, 5.41) is 13.1. The molecule has 3 aromatic rings. The number of nitriles is 1. The van der Waals surface area contributed by atoms with E-state index in [-0.39, 0.29) is 0 Å². The summed E-state index contributed by atoms with van der Waals surface area (Å²) >= 11 is 13.5. The molecule has 0 aliphatic rings. The lowest BCUT2D eigenvalue weighted by atomic mass is 10.1. The first-order valence-electron chi connectivity index (χ1n) is 7.87. The number of hydrogen-bond donors (Lipinski definition) is 0. The number of para-hydroxylation sites is 1. The number of nitrogens with zero attached hydrogens (tertiary/aromatic N) is 2. The average molecular weight is 401 g/mol. The van der Waals surface area contributed by atoms with Crippen LogP contribution in [0.15, 0.2) is 47.8 Å². The molecule has 0 fully saturated rings. The number of benzene rings is 2. The Balaban J connectivity index is 1.96. The smallest absolute Gasteiger partial charge is 0.134 e. The molecule has 0 radical (unpaired) electrons. The number of ether oxygens (including phenoxy) is 1. The molecule has 130 valence electrons. The Morgan fingerprint density at radius 3 is 2.77 bits per heavy atom. The highest BCUT2D eigenvalue weighted by Crippen LogP contribution is 2.32. The first kappa shape index (κ1) is 18.5. The molecule has 3 rings (SSSR count). The molecule has 0 aliphatic heterocycles. The van der Waals surface area contributed by atoms with Crippen molar-refractivity contribution in [1.82, 2.24) is 4.98 Å². The predicted molar refractivity (Wildman–Crippen MR) is 109 cm³/mol. The Morgan fingerprint density at radius 2 is 2.04 bits per heavy atom. The first-order chi connectivity index (χ1) is 12.6. The molecule has 0 aliphatic carbocycles. The minimum atomic E-state index is 0.473. The van der Waals surface area contributed by atoms with Crippen LogP contribution in [0.2, 0.25) is 10.0 Å². The van der Waals surface area contributed by atoms with Crippen molar-refractivity contribution in [1.29, 1.82) is 5.26 Å². The van der Waals surface area contributed by atoms with Crippen LogP contribution in [0.1, 0.15) is 17.5 Å². The van der Waals surface area contributed by atoms with E-state index in [4.69, 9.17) is 27.9 Å². The Kier molecular flexibility index (Phi) is 5.95. The molecule has 2 aromatic carbocycles. The first-order valence-corrected chi connectivity index (χ1v) is 9.51. The summed E-state index contributed by atoms with van der Waals surface area (Å²) in [6.07, 6.45) is 1.79. The second-order valence-corrected chi connectivity index (χ2v) is 6.98. The van der Waals surface area contributed by atoms with E-state index in [1.165, 1.54) is 11.3 Å². The van der Waals surface area contributed by atoms with Gasteiger partial charge >= 0.3 is 0 Å². The van der Waals surface area contributed by atoms with Crippen LogP contribution in [0.4, 0.5) is 0 Å². The zero-order chi connectivity index (χ0) is 18.5. The highest BCUT2D eigenvalue weighted by atomic mass is 35.5. The number of thiazole rings is 1. The normalized spacial score (nSPS) is 11.2. The van der Waals surface area contributed by atoms with E-state index in [2.05, 4.69) is 11.1 Å². The molecular weight excluding hydrogens is 387 g/mol. The van der Waals surface area contributed by atoms with E-state index in [1.54, 1.807) is 18.2 Å². The molecule has 0 N–H and O–H groups in total. The minimum Gasteiger partial charge on any atom is -0.493 e. The van der Waals surface area contributed by atoms with Crippen molar-refractivity contribution in [3.05, 3.63) is 68.5 Å². The Labute approximate surface area is 166 Å². The summed E-state index contributed by atoms with van der Waals surface area (Å²) in [4.78, 5) is 4.58. The molecule has 0 saturated carbocycles. The average Bonchev–Trinajstić information content (AvgIpc) is 3.13. The Morgan fingerprint density at radius 1 is 1.23 bits per heavy atom. The number of rotatable bonds is 5. The quantitative estimate of drug-likeness (QED) is 0.454. The van der Waals surface area contributed by atoms with E-state index in [0.29, 0.717) is 27.2 Å². The van der Waals surface area contributed by atoms with Gasteiger partial charge in [-0.05, 0) is 31.2 Å². The lowest BCUT2D eigenvalue weighted by Crippen LogP contribution is -1.93. The van der Waals surface area contributed by atoms with E-state index >= 15 is 0 Å². The van der Waals surface area contributed by atoms with Crippen molar-refractivity contribution in [2.75, 3.05) is 6.61 Å².